The van der Waals surface area contributed by atoms with Crippen LogP contribution in [0.4, 0.5) is 4.39 Å². The molecule has 0 aromatic rings. The lowest BCUT2D eigenvalue weighted by molar-refractivity contribution is 0.421. The minimum atomic E-state index is -1.63. The minimum Gasteiger partial charge on any atom is -0.423 e. The molecule has 2 N–H and O–H groups in total. The molecule has 1 aliphatic rings. The summed E-state index contributed by atoms with van der Waals surface area (Å²) in [5, 5.41) is 17.0. The molecule has 0 aromatic carbocycles. The molecule has 0 aromatic heterocycles. The van der Waals surface area contributed by atoms with Gasteiger partial charge in [0.05, 0.1) is 6.08 Å². The quantitative estimate of drug-likeness (QED) is 0.347. The fourth-order valence-electron chi connectivity index (χ4n) is 0.495. The molecule has 0 atom stereocenters. The van der Waals surface area contributed by atoms with Gasteiger partial charge >= 0.3 is 19.0 Å². The Morgan fingerprint density at radius 1 is 1.50 bits per heavy atom. The highest BCUT2D eigenvalue weighted by Crippen LogP contribution is 1.95. The fourth-order valence-corrected chi connectivity index (χ4v) is 0.495. The number of rotatable bonds is 1. The maximum Gasteiger partial charge on any atom is 0.504 e. The van der Waals surface area contributed by atoms with Crippen LogP contribution in [0.5, 0.6) is 0 Å². The standard InChI is InChI=1S/C5H4BFNO2/c7-5-2-1-4(3-8-5)6(9)10/h1-2,9-10H/q+1. The summed E-state index contributed by atoms with van der Waals surface area (Å²) in [6.45, 7) is 0. The van der Waals surface area contributed by atoms with Crippen molar-refractivity contribution in [2.24, 2.45) is 0 Å². The molecule has 3 nitrogen and oxygen atoms in total. The van der Waals surface area contributed by atoms with Gasteiger partial charge in [-0.05, 0) is 6.08 Å². The predicted molar refractivity (Wildman–Crippen MR) is 36.1 cm³/mol. The zero-order valence-corrected chi connectivity index (χ0v) is 4.95. The van der Waals surface area contributed by atoms with Gasteiger partial charge in [-0.2, -0.15) is 0 Å². The normalized spacial score (nSPS) is 14.7. The first-order valence-electron chi connectivity index (χ1n) is 2.60. The summed E-state index contributed by atoms with van der Waals surface area (Å²) in [5.74, 6) is 1.42. The summed E-state index contributed by atoms with van der Waals surface area (Å²) >= 11 is 0. The Morgan fingerprint density at radius 2 is 2.20 bits per heavy atom. The molecule has 10 heavy (non-hydrogen) atoms. The van der Waals surface area contributed by atoms with Crippen LogP contribution in [-0.4, -0.2) is 29.0 Å². The van der Waals surface area contributed by atoms with Crippen LogP contribution in [0.15, 0.2) is 17.6 Å². The van der Waals surface area contributed by atoms with Crippen LogP contribution in [0.1, 0.15) is 0 Å². The van der Waals surface area contributed by atoms with Crippen molar-refractivity contribution >= 4 is 19.0 Å². The minimum absolute atomic E-state index is 0.0569. The van der Waals surface area contributed by atoms with E-state index in [0.717, 1.165) is 6.08 Å². The third-order valence-electron chi connectivity index (χ3n) is 0.970. The van der Waals surface area contributed by atoms with Crippen LogP contribution < -0.4 is 4.67 Å². The van der Waals surface area contributed by atoms with Gasteiger partial charge in [0, 0.05) is 4.67 Å². The van der Waals surface area contributed by atoms with Crippen molar-refractivity contribution in [1.82, 2.24) is 4.67 Å². The number of halogens is 1. The van der Waals surface area contributed by atoms with Gasteiger partial charge in [0.15, 0.2) is 0 Å². The van der Waals surface area contributed by atoms with Crippen molar-refractivity contribution in [1.29, 1.82) is 0 Å². The Labute approximate surface area is 56.7 Å². The third-order valence-corrected chi connectivity index (χ3v) is 0.970. The lowest BCUT2D eigenvalue weighted by atomic mass is 9.80. The summed E-state index contributed by atoms with van der Waals surface area (Å²) in [5.41, 5.74) is 0.0569. The topological polar surface area (TPSA) is 54.6 Å². The largest absolute Gasteiger partial charge is 0.504 e. The van der Waals surface area contributed by atoms with Crippen LogP contribution in [-0.2, 0) is 0 Å². The van der Waals surface area contributed by atoms with Crippen LogP contribution in [0.3, 0.4) is 0 Å². The van der Waals surface area contributed by atoms with E-state index in [0.29, 0.717) is 0 Å². The number of allylic oxidation sites excluding steroid dienone is 3. The maximum atomic E-state index is 12.0. The van der Waals surface area contributed by atoms with Crippen molar-refractivity contribution in [3.63, 3.8) is 0 Å². The van der Waals surface area contributed by atoms with Crippen molar-refractivity contribution in [3.8, 4) is 0 Å². The van der Waals surface area contributed by atoms with E-state index in [1.807, 2.05) is 0 Å². The van der Waals surface area contributed by atoms with Crippen molar-refractivity contribution in [2.45, 2.75) is 0 Å². The third kappa shape index (κ3) is 1.44. The lowest BCUT2D eigenvalue weighted by Gasteiger charge is -1.88. The molecule has 0 amide bonds. The van der Waals surface area contributed by atoms with Crippen molar-refractivity contribution < 1.29 is 14.4 Å². The summed E-state index contributed by atoms with van der Waals surface area (Å²) in [4.78, 5) is 0. The summed E-state index contributed by atoms with van der Waals surface area (Å²) < 4.78 is 15.1. The molecule has 0 unspecified atom stereocenters. The van der Waals surface area contributed by atoms with E-state index >= 15 is 0 Å². The molecule has 1 aliphatic heterocycles. The zero-order valence-electron chi connectivity index (χ0n) is 4.95. The van der Waals surface area contributed by atoms with E-state index < -0.39 is 13.1 Å². The highest BCUT2D eigenvalue weighted by Gasteiger charge is 2.18. The lowest BCUT2D eigenvalue weighted by Crippen LogP contribution is -2.16. The van der Waals surface area contributed by atoms with E-state index in [1.54, 1.807) is 0 Å². The molecule has 0 bridgehead atoms. The highest BCUT2D eigenvalue weighted by molar-refractivity contribution is 6.54. The Morgan fingerprint density at radius 3 is 2.60 bits per heavy atom. The number of hydrogen-bond donors (Lipinski definition) is 2. The molecule has 0 saturated carbocycles. The second-order valence-corrected chi connectivity index (χ2v) is 1.71. The summed E-state index contributed by atoms with van der Waals surface area (Å²) in [6.07, 6.45) is 2.23. The molecular formula is C5H4BFNO2+. The molecule has 5 heteroatoms. The van der Waals surface area contributed by atoms with Gasteiger partial charge in [-0.1, -0.05) is 0 Å². The van der Waals surface area contributed by atoms with Crippen LogP contribution in [0.2, 0.25) is 0 Å². The van der Waals surface area contributed by atoms with Gasteiger partial charge < -0.3 is 10.0 Å². The molecule has 0 radical (unpaired) electrons. The predicted octanol–water partition coefficient (Wildman–Crippen LogP) is -1.40. The second-order valence-electron chi connectivity index (χ2n) is 1.71. The maximum absolute atomic E-state index is 12.0. The smallest absolute Gasteiger partial charge is 0.423 e. The Kier molecular flexibility index (Phi) is 1.85. The first kappa shape index (κ1) is 7.00. The van der Waals surface area contributed by atoms with Gasteiger partial charge in [-0.15, -0.1) is 4.39 Å². The Bertz CT molecular complexity index is 271. The van der Waals surface area contributed by atoms with E-state index in [1.165, 1.54) is 6.08 Å². The molecule has 0 aliphatic carbocycles. The van der Waals surface area contributed by atoms with Gasteiger partial charge in [0.2, 0.25) is 0 Å². The number of nitrogens with zero attached hydrogens (tertiary/aromatic N) is 1. The van der Waals surface area contributed by atoms with E-state index in [4.69, 9.17) is 10.0 Å². The first-order valence-corrected chi connectivity index (χ1v) is 2.60. The van der Waals surface area contributed by atoms with Crippen molar-refractivity contribution in [3.05, 3.63) is 17.6 Å². The highest BCUT2D eigenvalue weighted by atomic mass is 19.1. The molecule has 1 rings (SSSR count). The average Bonchev–Trinajstić information content (AvgIpc) is 1.88. The molecule has 0 fully saturated rings. The van der Waals surface area contributed by atoms with E-state index in [2.05, 4.69) is 10.5 Å². The Balaban J connectivity index is 3.03. The van der Waals surface area contributed by atoms with Crippen molar-refractivity contribution in [2.75, 3.05) is 0 Å². The van der Waals surface area contributed by atoms with Crippen LogP contribution >= 0.6 is 0 Å². The molecule has 50 valence electrons. The van der Waals surface area contributed by atoms with Crippen LogP contribution in [0, 0.1) is 0 Å². The Hall–Kier alpha value is -1.12. The van der Waals surface area contributed by atoms with Crippen LogP contribution in [0.25, 0.3) is 0 Å². The van der Waals surface area contributed by atoms with Gasteiger partial charge in [-0.3, -0.25) is 0 Å². The fraction of sp³-hybridized carbons (Fsp3) is 0. The van der Waals surface area contributed by atoms with E-state index in [-0.39, 0.29) is 5.47 Å². The average molecular weight is 140 g/mol. The summed E-state index contributed by atoms with van der Waals surface area (Å²) in [6, 6.07) is 0. The monoisotopic (exact) mass is 140 g/mol. The van der Waals surface area contributed by atoms with E-state index in [9.17, 15) is 4.39 Å². The van der Waals surface area contributed by atoms with Gasteiger partial charge in [-0.25, -0.2) is 0 Å². The SMILES string of the molecule is OB(O)C1=C=[N+]=C(F)C=C1. The molecule has 1 heterocycles. The molecular weight excluding hydrogens is 136 g/mol. The van der Waals surface area contributed by atoms with Gasteiger partial charge in [0.1, 0.15) is 5.47 Å². The second kappa shape index (κ2) is 2.65. The van der Waals surface area contributed by atoms with Gasteiger partial charge in [0.25, 0.3) is 0 Å². The first-order chi connectivity index (χ1) is 4.70. The zero-order chi connectivity index (χ0) is 7.56. The number of hydrogen-bond acceptors (Lipinski definition) is 2. The molecule has 0 spiro atoms. The summed E-state index contributed by atoms with van der Waals surface area (Å²) in [7, 11) is -1.63. The molecule has 0 saturated heterocycles.